The number of aromatic nitrogens is 1. The smallest absolute Gasteiger partial charge is 0.253 e. The Morgan fingerprint density at radius 3 is 3.06 bits per heavy atom. The van der Waals surface area contributed by atoms with E-state index in [9.17, 15) is 9.59 Å². The van der Waals surface area contributed by atoms with E-state index in [1.165, 1.54) is 0 Å². The second kappa shape index (κ2) is 5.01. The standard InChI is InChI=1S/C11H15N3O3/c15-7-10(16)14-4-2-9(6-14)13-11(17)8-1-3-12-5-8/h1,3,5,9,12,15H,2,4,6-7H2,(H,13,17)/t9-/m0/s1. The molecule has 0 unspecified atom stereocenters. The summed E-state index contributed by atoms with van der Waals surface area (Å²) in [6, 6.07) is 1.66. The molecule has 3 N–H and O–H groups in total. The minimum atomic E-state index is -0.474. The van der Waals surface area contributed by atoms with Crippen molar-refractivity contribution in [1.29, 1.82) is 0 Å². The number of amides is 2. The Kier molecular flexibility index (Phi) is 3.43. The summed E-state index contributed by atoms with van der Waals surface area (Å²) in [5.74, 6) is -0.432. The van der Waals surface area contributed by atoms with E-state index in [2.05, 4.69) is 10.3 Å². The Bertz CT molecular complexity index is 402. The molecule has 0 saturated carbocycles. The highest BCUT2D eigenvalue weighted by atomic mass is 16.3. The first-order valence-electron chi connectivity index (χ1n) is 5.53. The van der Waals surface area contributed by atoms with Crippen LogP contribution in [0.25, 0.3) is 0 Å². The number of H-pyrrole nitrogens is 1. The molecule has 2 heterocycles. The number of likely N-dealkylation sites (tertiary alicyclic amines) is 1. The molecule has 1 aromatic rings. The van der Waals surface area contributed by atoms with Gasteiger partial charge in [-0.25, -0.2) is 0 Å². The van der Waals surface area contributed by atoms with Crippen molar-refractivity contribution >= 4 is 11.8 Å². The van der Waals surface area contributed by atoms with Crippen LogP contribution in [0.3, 0.4) is 0 Å². The summed E-state index contributed by atoms with van der Waals surface area (Å²) in [5, 5.41) is 11.6. The number of nitrogens with zero attached hydrogens (tertiary/aromatic N) is 1. The van der Waals surface area contributed by atoms with Crippen molar-refractivity contribution < 1.29 is 14.7 Å². The average molecular weight is 237 g/mol. The van der Waals surface area contributed by atoms with E-state index in [4.69, 9.17) is 5.11 Å². The number of hydrogen-bond donors (Lipinski definition) is 3. The molecular weight excluding hydrogens is 222 g/mol. The van der Waals surface area contributed by atoms with Gasteiger partial charge in [0.25, 0.3) is 5.91 Å². The minimum Gasteiger partial charge on any atom is -0.387 e. The normalized spacial score (nSPS) is 19.4. The number of hydrogen-bond acceptors (Lipinski definition) is 3. The predicted octanol–water partition coefficient (Wildman–Crippen LogP) is -0.662. The Balaban J connectivity index is 1.86. The summed E-state index contributed by atoms with van der Waals surface area (Å²) in [6.07, 6.45) is 4.04. The third-order valence-electron chi connectivity index (χ3n) is 2.87. The number of aliphatic hydroxyl groups is 1. The van der Waals surface area contributed by atoms with E-state index >= 15 is 0 Å². The number of aliphatic hydroxyl groups excluding tert-OH is 1. The molecule has 1 atom stereocenters. The fraction of sp³-hybridized carbons (Fsp3) is 0.455. The van der Waals surface area contributed by atoms with Crippen LogP contribution in [0.15, 0.2) is 18.5 Å². The molecule has 0 aliphatic carbocycles. The van der Waals surface area contributed by atoms with Crippen molar-refractivity contribution in [3.8, 4) is 0 Å². The molecule has 1 aliphatic rings. The van der Waals surface area contributed by atoms with Gasteiger partial charge in [-0.05, 0) is 12.5 Å². The number of rotatable bonds is 3. The summed E-state index contributed by atoms with van der Waals surface area (Å²) >= 11 is 0. The Labute approximate surface area is 98.6 Å². The molecule has 1 fully saturated rings. The van der Waals surface area contributed by atoms with E-state index in [-0.39, 0.29) is 17.9 Å². The van der Waals surface area contributed by atoms with Crippen molar-refractivity contribution in [1.82, 2.24) is 15.2 Å². The van der Waals surface area contributed by atoms with Gasteiger partial charge in [0.15, 0.2) is 0 Å². The van der Waals surface area contributed by atoms with Gasteiger partial charge in [0.1, 0.15) is 6.61 Å². The molecule has 2 amide bonds. The molecule has 6 nitrogen and oxygen atoms in total. The molecule has 0 bridgehead atoms. The molecule has 0 radical (unpaired) electrons. The first-order chi connectivity index (χ1) is 8.20. The summed E-state index contributed by atoms with van der Waals surface area (Å²) in [5.41, 5.74) is 0.580. The highest BCUT2D eigenvalue weighted by Crippen LogP contribution is 2.10. The maximum Gasteiger partial charge on any atom is 0.253 e. The van der Waals surface area contributed by atoms with E-state index in [0.717, 1.165) is 6.42 Å². The number of carbonyl (C=O) groups excluding carboxylic acids is 2. The van der Waals surface area contributed by atoms with Gasteiger partial charge < -0.3 is 20.3 Å². The van der Waals surface area contributed by atoms with Crippen LogP contribution in [0, 0.1) is 0 Å². The van der Waals surface area contributed by atoms with E-state index < -0.39 is 6.61 Å². The summed E-state index contributed by atoms with van der Waals surface area (Å²) in [7, 11) is 0. The summed E-state index contributed by atoms with van der Waals surface area (Å²) < 4.78 is 0. The quantitative estimate of drug-likeness (QED) is 0.652. The molecule has 0 aromatic carbocycles. The van der Waals surface area contributed by atoms with Crippen molar-refractivity contribution in [3.05, 3.63) is 24.0 Å². The second-order valence-corrected chi connectivity index (χ2v) is 4.06. The highest BCUT2D eigenvalue weighted by Gasteiger charge is 2.26. The second-order valence-electron chi connectivity index (χ2n) is 4.06. The molecular formula is C11H15N3O3. The Morgan fingerprint density at radius 2 is 2.41 bits per heavy atom. The van der Waals surface area contributed by atoms with Gasteiger partial charge >= 0.3 is 0 Å². The van der Waals surface area contributed by atoms with Crippen molar-refractivity contribution in [3.63, 3.8) is 0 Å². The van der Waals surface area contributed by atoms with E-state index in [1.54, 1.807) is 23.4 Å². The molecule has 0 spiro atoms. The highest BCUT2D eigenvalue weighted by molar-refractivity contribution is 5.94. The zero-order valence-electron chi connectivity index (χ0n) is 9.35. The maximum absolute atomic E-state index is 11.7. The van der Waals surface area contributed by atoms with Gasteiger partial charge in [0.05, 0.1) is 5.56 Å². The zero-order chi connectivity index (χ0) is 12.3. The van der Waals surface area contributed by atoms with Crippen LogP contribution >= 0.6 is 0 Å². The summed E-state index contributed by atoms with van der Waals surface area (Å²) in [6.45, 7) is 0.575. The maximum atomic E-state index is 11.7. The lowest BCUT2D eigenvalue weighted by Gasteiger charge is -2.15. The van der Waals surface area contributed by atoms with Crippen molar-refractivity contribution in [2.24, 2.45) is 0 Å². The zero-order valence-corrected chi connectivity index (χ0v) is 9.35. The SMILES string of the molecule is O=C(N[C@H]1CCN(C(=O)CO)C1)c1cc[nH]c1. The lowest BCUT2D eigenvalue weighted by molar-refractivity contribution is -0.133. The number of carbonyl (C=O) groups is 2. The van der Waals surface area contributed by atoms with Crippen molar-refractivity contribution in [2.45, 2.75) is 12.5 Å². The largest absolute Gasteiger partial charge is 0.387 e. The minimum absolute atomic E-state index is 0.0344. The van der Waals surface area contributed by atoms with Crippen LogP contribution in [0.1, 0.15) is 16.8 Å². The topological polar surface area (TPSA) is 85.4 Å². The van der Waals surface area contributed by atoms with Gasteiger partial charge in [-0.15, -0.1) is 0 Å². The van der Waals surface area contributed by atoms with Gasteiger partial charge in [-0.1, -0.05) is 0 Å². The Hall–Kier alpha value is -1.82. The third kappa shape index (κ3) is 2.65. The third-order valence-corrected chi connectivity index (χ3v) is 2.87. The molecule has 1 aromatic heterocycles. The fourth-order valence-corrected chi connectivity index (χ4v) is 1.94. The Morgan fingerprint density at radius 1 is 1.59 bits per heavy atom. The van der Waals surface area contributed by atoms with E-state index in [0.29, 0.717) is 18.7 Å². The van der Waals surface area contributed by atoms with Crippen LogP contribution in [-0.2, 0) is 4.79 Å². The fourth-order valence-electron chi connectivity index (χ4n) is 1.94. The lowest BCUT2D eigenvalue weighted by atomic mass is 10.2. The van der Waals surface area contributed by atoms with Crippen LogP contribution in [0.2, 0.25) is 0 Å². The van der Waals surface area contributed by atoms with Crippen molar-refractivity contribution in [2.75, 3.05) is 19.7 Å². The van der Waals surface area contributed by atoms with Gasteiger partial charge in [-0.2, -0.15) is 0 Å². The average Bonchev–Trinajstić information content (AvgIpc) is 2.98. The van der Waals surface area contributed by atoms with Gasteiger partial charge in [0, 0.05) is 31.5 Å². The molecule has 2 rings (SSSR count). The molecule has 17 heavy (non-hydrogen) atoms. The van der Waals surface area contributed by atoms with Crippen LogP contribution in [0.4, 0.5) is 0 Å². The predicted molar refractivity (Wildman–Crippen MR) is 60.3 cm³/mol. The van der Waals surface area contributed by atoms with Crippen LogP contribution in [-0.4, -0.2) is 52.5 Å². The molecule has 1 saturated heterocycles. The first kappa shape index (κ1) is 11.7. The first-order valence-corrected chi connectivity index (χ1v) is 5.53. The van der Waals surface area contributed by atoms with E-state index in [1.807, 2.05) is 0 Å². The summed E-state index contributed by atoms with van der Waals surface area (Å²) in [4.78, 5) is 27.3. The van der Waals surface area contributed by atoms with Gasteiger partial charge in [-0.3, -0.25) is 9.59 Å². The number of nitrogens with one attached hydrogen (secondary N) is 2. The van der Waals surface area contributed by atoms with Crippen LogP contribution in [0.5, 0.6) is 0 Å². The van der Waals surface area contributed by atoms with Crippen LogP contribution < -0.4 is 5.32 Å². The monoisotopic (exact) mass is 237 g/mol. The number of aromatic amines is 1. The molecule has 1 aliphatic heterocycles. The lowest BCUT2D eigenvalue weighted by Crippen LogP contribution is -2.39. The molecule has 6 heteroatoms. The van der Waals surface area contributed by atoms with Gasteiger partial charge in [0.2, 0.25) is 5.91 Å². The molecule has 92 valence electrons.